The van der Waals surface area contributed by atoms with E-state index in [0.29, 0.717) is 13.1 Å². The number of carboxylic acids is 1. The van der Waals surface area contributed by atoms with Crippen LogP contribution in [0.3, 0.4) is 0 Å². The Kier molecular flexibility index (Phi) is 9.17. The average molecular weight is 453 g/mol. The minimum absolute atomic E-state index is 0.0801. The second kappa shape index (κ2) is 12.5. The van der Waals surface area contributed by atoms with E-state index in [1.165, 1.54) is 0 Å². The first-order chi connectivity index (χ1) is 16.0. The number of carbonyl (C=O) groups excluding carboxylic acids is 2. The lowest BCUT2D eigenvalue weighted by Crippen LogP contribution is -2.33. The molecule has 0 bridgehead atoms. The van der Waals surface area contributed by atoms with Crippen molar-refractivity contribution in [3.05, 3.63) is 65.2 Å². The third-order valence-electron chi connectivity index (χ3n) is 5.09. The van der Waals surface area contributed by atoms with Crippen molar-refractivity contribution < 1.29 is 29.0 Å². The highest BCUT2D eigenvalue weighted by atomic mass is 16.5. The molecule has 0 aromatic heterocycles. The van der Waals surface area contributed by atoms with Gasteiger partial charge in [0.05, 0.1) is 32.1 Å². The van der Waals surface area contributed by atoms with Crippen LogP contribution in [0.5, 0.6) is 0 Å². The highest BCUT2D eigenvalue weighted by Gasteiger charge is 2.21. The van der Waals surface area contributed by atoms with Crippen molar-refractivity contribution in [3.8, 4) is 0 Å². The Labute approximate surface area is 192 Å². The van der Waals surface area contributed by atoms with Crippen molar-refractivity contribution >= 4 is 35.6 Å². The van der Waals surface area contributed by atoms with Gasteiger partial charge in [0.25, 0.3) is 0 Å². The molecule has 2 aromatic carbocycles. The van der Waals surface area contributed by atoms with E-state index in [4.69, 9.17) is 14.6 Å². The molecule has 1 heterocycles. The number of nitrogens with one attached hydrogen (secondary N) is 1. The Morgan fingerprint density at radius 1 is 0.879 bits per heavy atom. The lowest BCUT2D eigenvalue weighted by Gasteiger charge is -2.27. The second-order valence-electron chi connectivity index (χ2n) is 7.48. The topological polar surface area (TPSA) is 105 Å². The van der Waals surface area contributed by atoms with Crippen LogP contribution in [0.1, 0.15) is 29.5 Å². The van der Waals surface area contributed by atoms with Crippen LogP contribution >= 0.6 is 0 Å². The first kappa shape index (κ1) is 24.2. The lowest BCUT2D eigenvalue weighted by atomic mass is 10.0. The van der Waals surface area contributed by atoms with E-state index in [2.05, 4.69) is 11.4 Å². The standard InChI is InChI=1S/C25H28N2O6/c28-23(26-13-14-32-15-16-33-18-25(30)31)11-12-24(29)27-17-21-7-2-1-5-19(21)9-10-20-6-3-4-8-22(20)27/h1-10H,11-18H2,(H,26,28)(H,30,31). The van der Waals surface area contributed by atoms with E-state index in [-0.39, 0.29) is 51.1 Å². The second-order valence-corrected chi connectivity index (χ2v) is 7.48. The molecule has 0 fully saturated rings. The van der Waals surface area contributed by atoms with Gasteiger partial charge in [0.15, 0.2) is 0 Å². The van der Waals surface area contributed by atoms with Crippen LogP contribution in [0.2, 0.25) is 0 Å². The molecule has 1 aliphatic rings. The monoisotopic (exact) mass is 452 g/mol. The van der Waals surface area contributed by atoms with Gasteiger partial charge in [-0.15, -0.1) is 0 Å². The van der Waals surface area contributed by atoms with Crippen LogP contribution in [0.4, 0.5) is 5.69 Å². The van der Waals surface area contributed by atoms with Gasteiger partial charge in [0.1, 0.15) is 6.61 Å². The maximum absolute atomic E-state index is 13.1. The Hall–Kier alpha value is -3.49. The van der Waals surface area contributed by atoms with Crippen LogP contribution < -0.4 is 10.2 Å². The molecule has 0 unspecified atom stereocenters. The van der Waals surface area contributed by atoms with Crippen LogP contribution in [0, 0.1) is 0 Å². The van der Waals surface area contributed by atoms with E-state index in [0.717, 1.165) is 22.4 Å². The van der Waals surface area contributed by atoms with Gasteiger partial charge in [-0.25, -0.2) is 4.79 Å². The molecule has 0 spiro atoms. The Bertz CT molecular complexity index is 1000. The maximum Gasteiger partial charge on any atom is 0.329 e. The van der Waals surface area contributed by atoms with Gasteiger partial charge in [0.2, 0.25) is 11.8 Å². The van der Waals surface area contributed by atoms with Gasteiger partial charge >= 0.3 is 5.97 Å². The molecule has 174 valence electrons. The van der Waals surface area contributed by atoms with E-state index in [1.807, 2.05) is 54.6 Å². The average Bonchev–Trinajstić information content (AvgIpc) is 2.80. The molecular weight excluding hydrogens is 424 g/mol. The number of anilines is 1. The third kappa shape index (κ3) is 7.55. The molecule has 1 aliphatic heterocycles. The van der Waals surface area contributed by atoms with Crippen LogP contribution in [0.25, 0.3) is 12.2 Å². The van der Waals surface area contributed by atoms with E-state index in [1.54, 1.807) is 4.90 Å². The number of hydrogen-bond acceptors (Lipinski definition) is 5. The summed E-state index contributed by atoms with van der Waals surface area (Å²) in [6, 6.07) is 15.7. The molecule has 8 heteroatoms. The quantitative estimate of drug-likeness (QED) is 0.508. The third-order valence-corrected chi connectivity index (χ3v) is 5.09. The van der Waals surface area contributed by atoms with Crippen LogP contribution in [-0.2, 0) is 30.4 Å². The fourth-order valence-electron chi connectivity index (χ4n) is 3.46. The van der Waals surface area contributed by atoms with Gasteiger partial charge in [-0.1, -0.05) is 54.6 Å². The van der Waals surface area contributed by atoms with Gasteiger partial charge in [0, 0.05) is 19.4 Å². The number of ether oxygens (including phenoxy) is 2. The van der Waals surface area contributed by atoms with Crippen LogP contribution in [0.15, 0.2) is 48.5 Å². The minimum atomic E-state index is -1.03. The molecule has 0 aliphatic carbocycles. The van der Waals surface area contributed by atoms with Gasteiger partial charge < -0.3 is 24.8 Å². The van der Waals surface area contributed by atoms with E-state index < -0.39 is 5.97 Å². The number of nitrogens with zero attached hydrogens (tertiary/aromatic N) is 1. The lowest BCUT2D eigenvalue weighted by molar-refractivity contribution is -0.142. The summed E-state index contributed by atoms with van der Waals surface area (Å²) in [4.78, 5) is 37.3. The zero-order valence-corrected chi connectivity index (χ0v) is 18.4. The SMILES string of the molecule is O=C(O)COCCOCCNC(=O)CCC(=O)N1Cc2ccccc2C=Cc2ccccc21. The zero-order chi connectivity index (χ0) is 23.5. The first-order valence-corrected chi connectivity index (χ1v) is 10.8. The molecule has 2 amide bonds. The zero-order valence-electron chi connectivity index (χ0n) is 18.4. The number of rotatable bonds is 11. The van der Waals surface area contributed by atoms with Gasteiger partial charge in [-0.2, -0.15) is 0 Å². The van der Waals surface area contributed by atoms with Crippen LogP contribution in [-0.4, -0.2) is 55.9 Å². The van der Waals surface area contributed by atoms with Crippen molar-refractivity contribution in [2.45, 2.75) is 19.4 Å². The highest BCUT2D eigenvalue weighted by Crippen LogP contribution is 2.29. The fraction of sp³-hybridized carbons (Fsp3) is 0.320. The molecular formula is C25H28N2O6. The van der Waals surface area contributed by atoms with Gasteiger partial charge in [-0.3, -0.25) is 9.59 Å². The Morgan fingerprint density at radius 3 is 2.39 bits per heavy atom. The summed E-state index contributed by atoms with van der Waals surface area (Å²) >= 11 is 0. The maximum atomic E-state index is 13.1. The molecule has 3 rings (SSSR count). The normalized spacial score (nSPS) is 12.3. The first-order valence-electron chi connectivity index (χ1n) is 10.8. The number of para-hydroxylation sites is 1. The summed E-state index contributed by atoms with van der Waals surface area (Å²) in [7, 11) is 0. The summed E-state index contributed by atoms with van der Waals surface area (Å²) in [6.45, 7) is 1.07. The van der Waals surface area contributed by atoms with Crippen molar-refractivity contribution in [2.75, 3.05) is 37.9 Å². The number of hydrogen-bond donors (Lipinski definition) is 2. The number of carboxylic acid groups (broad SMARTS) is 1. The smallest absolute Gasteiger partial charge is 0.329 e. The predicted octanol–water partition coefficient (Wildman–Crippen LogP) is 2.72. The van der Waals surface area contributed by atoms with Crippen molar-refractivity contribution in [3.63, 3.8) is 0 Å². The van der Waals surface area contributed by atoms with Crippen molar-refractivity contribution in [2.24, 2.45) is 0 Å². The van der Waals surface area contributed by atoms with Gasteiger partial charge in [-0.05, 0) is 22.8 Å². The number of fused-ring (bicyclic) bond motifs is 2. The van der Waals surface area contributed by atoms with E-state index in [9.17, 15) is 14.4 Å². The summed E-state index contributed by atoms with van der Waals surface area (Å²) in [5.41, 5.74) is 3.89. The molecule has 0 saturated carbocycles. The molecule has 2 aromatic rings. The predicted molar refractivity (Wildman–Crippen MR) is 125 cm³/mol. The summed E-state index contributed by atoms with van der Waals surface area (Å²) in [5.74, 6) is -1.37. The minimum Gasteiger partial charge on any atom is -0.480 e. The number of carbonyl (C=O) groups is 3. The summed E-state index contributed by atoms with van der Waals surface area (Å²) in [6.07, 6.45) is 4.24. The van der Waals surface area contributed by atoms with E-state index >= 15 is 0 Å². The van der Waals surface area contributed by atoms with Crippen molar-refractivity contribution in [1.29, 1.82) is 0 Å². The molecule has 8 nitrogen and oxygen atoms in total. The Morgan fingerprint density at radius 2 is 1.58 bits per heavy atom. The summed E-state index contributed by atoms with van der Waals surface area (Å²) in [5, 5.41) is 11.2. The summed E-state index contributed by atoms with van der Waals surface area (Å²) < 4.78 is 10.1. The number of amides is 2. The molecule has 0 radical (unpaired) electrons. The largest absolute Gasteiger partial charge is 0.480 e. The Balaban J connectivity index is 1.48. The molecule has 33 heavy (non-hydrogen) atoms. The van der Waals surface area contributed by atoms with Crippen molar-refractivity contribution in [1.82, 2.24) is 5.32 Å². The molecule has 2 N–H and O–H groups in total. The number of benzene rings is 2. The molecule has 0 atom stereocenters. The molecule has 0 saturated heterocycles. The fourth-order valence-corrected chi connectivity index (χ4v) is 3.46. The highest BCUT2D eigenvalue weighted by molar-refractivity contribution is 5.98. The number of aliphatic carboxylic acids is 1.